The van der Waals surface area contributed by atoms with Crippen molar-refractivity contribution in [1.82, 2.24) is 10.2 Å². The van der Waals surface area contributed by atoms with Crippen LogP contribution in [0.4, 0.5) is 0 Å². The molecule has 1 aliphatic heterocycles. The number of hydrogen-bond donors (Lipinski definition) is 1. The van der Waals surface area contributed by atoms with Gasteiger partial charge in [0.1, 0.15) is 0 Å². The molecule has 1 saturated heterocycles. The van der Waals surface area contributed by atoms with E-state index in [2.05, 4.69) is 48.5 Å². The van der Waals surface area contributed by atoms with Gasteiger partial charge in [0.25, 0.3) is 0 Å². The third-order valence-electron chi connectivity index (χ3n) is 4.77. The molecule has 1 atom stereocenters. The fourth-order valence-electron chi connectivity index (χ4n) is 3.06. The zero-order chi connectivity index (χ0) is 13.7. The summed E-state index contributed by atoms with van der Waals surface area (Å²) in [5, 5.41) is 5.99. The van der Waals surface area contributed by atoms with Gasteiger partial charge in [-0.1, -0.05) is 19.9 Å². The van der Waals surface area contributed by atoms with Gasteiger partial charge in [-0.05, 0) is 50.6 Å². The van der Waals surface area contributed by atoms with E-state index in [1.807, 2.05) is 11.3 Å². The Morgan fingerprint density at radius 3 is 2.84 bits per heavy atom. The maximum absolute atomic E-state index is 3.81. The van der Waals surface area contributed by atoms with Crippen molar-refractivity contribution >= 4 is 11.3 Å². The first-order chi connectivity index (χ1) is 9.19. The van der Waals surface area contributed by atoms with Crippen LogP contribution in [0.3, 0.4) is 0 Å². The molecule has 1 fully saturated rings. The van der Waals surface area contributed by atoms with Gasteiger partial charge in [-0.25, -0.2) is 0 Å². The summed E-state index contributed by atoms with van der Waals surface area (Å²) < 4.78 is 0. The smallest absolute Gasteiger partial charge is 0.0303 e. The number of hydrogen-bond acceptors (Lipinski definition) is 3. The molecule has 0 aromatic carbocycles. The van der Waals surface area contributed by atoms with E-state index in [4.69, 9.17) is 0 Å². The van der Waals surface area contributed by atoms with Crippen molar-refractivity contribution in [2.45, 2.75) is 58.0 Å². The molecule has 1 unspecified atom stereocenters. The van der Waals surface area contributed by atoms with E-state index in [1.54, 1.807) is 0 Å². The third kappa shape index (κ3) is 3.80. The number of rotatable bonds is 5. The molecule has 2 nitrogen and oxygen atoms in total. The van der Waals surface area contributed by atoms with Gasteiger partial charge in [0.05, 0.1) is 0 Å². The van der Waals surface area contributed by atoms with E-state index in [0.717, 1.165) is 0 Å². The molecule has 1 aromatic rings. The van der Waals surface area contributed by atoms with Crippen molar-refractivity contribution in [3.63, 3.8) is 0 Å². The Bertz CT molecular complexity index is 357. The first-order valence-corrected chi connectivity index (χ1v) is 8.58. The third-order valence-corrected chi connectivity index (χ3v) is 5.71. The maximum Gasteiger partial charge on any atom is 0.0303 e. The predicted octanol–water partition coefficient (Wildman–Crippen LogP) is 3.53. The number of nitrogens with zero attached hydrogens (tertiary/aromatic N) is 1. The van der Waals surface area contributed by atoms with Crippen LogP contribution in [-0.4, -0.2) is 36.1 Å². The molecule has 1 N–H and O–H groups in total. The molecule has 0 amide bonds. The van der Waals surface area contributed by atoms with E-state index in [0.29, 0.717) is 11.6 Å². The highest BCUT2D eigenvalue weighted by molar-refractivity contribution is 7.09. The van der Waals surface area contributed by atoms with Crippen molar-refractivity contribution in [3.8, 4) is 0 Å². The van der Waals surface area contributed by atoms with Gasteiger partial charge in [-0.3, -0.25) is 4.90 Å². The van der Waals surface area contributed by atoms with Crippen molar-refractivity contribution in [3.05, 3.63) is 22.4 Å². The summed E-state index contributed by atoms with van der Waals surface area (Å²) >= 11 is 1.89. The Hall–Kier alpha value is -0.380. The van der Waals surface area contributed by atoms with Crippen LogP contribution < -0.4 is 5.32 Å². The summed E-state index contributed by atoms with van der Waals surface area (Å²) in [5.41, 5.74) is 0.334. The second-order valence-corrected chi connectivity index (χ2v) is 6.88. The first-order valence-electron chi connectivity index (χ1n) is 7.70. The van der Waals surface area contributed by atoms with Crippen LogP contribution in [0.2, 0.25) is 0 Å². The number of nitrogens with one attached hydrogen (secondary N) is 1. The standard InChI is InChI=1S/C16H28N2S/c1-4-16(5-2)13-18(14(3)8-10-17-16)11-9-15-7-6-12-19-15/h6-7,12,14,17H,4-5,8-11,13H2,1-3H3. The Balaban J connectivity index is 1.99. The SMILES string of the molecule is CCC1(CC)CN(CCc2cccs2)C(C)CCN1. The zero-order valence-electron chi connectivity index (χ0n) is 12.6. The van der Waals surface area contributed by atoms with Gasteiger partial charge in [0.2, 0.25) is 0 Å². The molecule has 2 heterocycles. The van der Waals surface area contributed by atoms with Crippen LogP contribution in [0.1, 0.15) is 44.9 Å². The normalized spacial score (nSPS) is 24.3. The molecule has 19 heavy (non-hydrogen) atoms. The van der Waals surface area contributed by atoms with Crippen LogP contribution in [-0.2, 0) is 6.42 Å². The number of thiophene rings is 1. The molecule has 0 radical (unpaired) electrons. The van der Waals surface area contributed by atoms with E-state index in [1.165, 1.54) is 50.2 Å². The molecule has 1 aromatic heterocycles. The first kappa shape index (κ1) is 15.0. The Kier molecular flexibility index (Phi) is 5.43. The minimum atomic E-state index is 0.334. The molecule has 0 spiro atoms. The van der Waals surface area contributed by atoms with Crippen molar-refractivity contribution in [2.75, 3.05) is 19.6 Å². The quantitative estimate of drug-likeness (QED) is 0.887. The van der Waals surface area contributed by atoms with E-state index >= 15 is 0 Å². The van der Waals surface area contributed by atoms with Crippen LogP contribution >= 0.6 is 11.3 Å². The van der Waals surface area contributed by atoms with E-state index in [9.17, 15) is 0 Å². The highest BCUT2D eigenvalue weighted by Gasteiger charge is 2.32. The van der Waals surface area contributed by atoms with E-state index < -0.39 is 0 Å². The minimum Gasteiger partial charge on any atom is -0.310 e. The molecular weight excluding hydrogens is 252 g/mol. The fraction of sp³-hybridized carbons (Fsp3) is 0.750. The topological polar surface area (TPSA) is 15.3 Å². The van der Waals surface area contributed by atoms with Gasteiger partial charge in [0, 0.05) is 29.5 Å². The minimum absolute atomic E-state index is 0.334. The average Bonchev–Trinajstić information content (AvgIpc) is 2.89. The van der Waals surface area contributed by atoms with Gasteiger partial charge in [-0.2, -0.15) is 0 Å². The molecular formula is C16H28N2S. The Morgan fingerprint density at radius 1 is 1.42 bits per heavy atom. The molecule has 2 rings (SSSR count). The lowest BCUT2D eigenvalue weighted by Gasteiger charge is -2.37. The molecule has 0 saturated carbocycles. The highest BCUT2D eigenvalue weighted by Crippen LogP contribution is 2.23. The van der Waals surface area contributed by atoms with Crippen LogP contribution in [0, 0.1) is 0 Å². The zero-order valence-corrected chi connectivity index (χ0v) is 13.4. The second-order valence-electron chi connectivity index (χ2n) is 5.85. The molecule has 1 aliphatic rings. The summed E-state index contributed by atoms with van der Waals surface area (Å²) in [5.74, 6) is 0. The molecule has 0 bridgehead atoms. The molecule has 108 valence electrons. The Morgan fingerprint density at radius 2 is 2.21 bits per heavy atom. The van der Waals surface area contributed by atoms with Crippen LogP contribution in [0.25, 0.3) is 0 Å². The highest BCUT2D eigenvalue weighted by atomic mass is 32.1. The van der Waals surface area contributed by atoms with Crippen molar-refractivity contribution < 1.29 is 0 Å². The summed E-state index contributed by atoms with van der Waals surface area (Å²) in [6, 6.07) is 5.13. The van der Waals surface area contributed by atoms with Crippen molar-refractivity contribution in [1.29, 1.82) is 0 Å². The van der Waals surface area contributed by atoms with Gasteiger partial charge in [-0.15, -0.1) is 11.3 Å². The predicted molar refractivity (Wildman–Crippen MR) is 85.0 cm³/mol. The van der Waals surface area contributed by atoms with Gasteiger partial charge in [0.15, 0.2) is 0 Å². The van der Waals surface area contributed by atoms with Crippen LogP contribution in [0.5, 0.6) is 0 Å². The monoisotopic (exact) mass is 280 g/mol. The van der Waals surface area contributed by atoms with Crippen molar-refractivity contribution in [2.24, 2.45) is 0 Å². The fourth-order valence-corrected chi connectivity index (χ4v) is 3.76. The lowest BCUT2D eigenvalue weighted by molar-refractivity contribution is 0.161. The summed E-state index contributed by atoms with van der Waals surface area (Å²) in [6.45, 7) is 10.6. The second kappa shape index (κ2) is 6.87. The summed E-state index contributed by atoms with van der Waals surface area (Å²) in [4.78, 5) is 4.22. The largest absolute Gasteiger partial charge is 0.310 e. The van der Waals surface area contributed by atoms with Gasteiger partial charge < -0.3 is 5.32 Å². The molecule has 3 heteroatoms. The summed E-state index contributed by atoms with van der Waals surface area (Å²) in [7, 11) is 0. The maximum atomic E-state index is 3.81. The lowest BCUT2D eigenvalue weighted by atomic mass is 9.92. The average molecular weight is 280 g/mol. The van der Waals surface area contributed by atoms with Crippen LogP contribution in [0.15, 0.2) is 17.5 Å². The Labute approximate surface area is 122 Å². The lowest BCUT2D eigenvalue weighted by Crippen LogP contribution is -2.51. The van der Waals surface area contributed by atoms with Gasteiger partial charge >= 0.3 is 0 Å². The van der Waals surface area contributed by atoms with E-state index in [-0.39, 0.29) is 0 Å². The summed E-state index contributed by atoms with van der Waals surface area (Å²) in [6.07, 6.45) is 4.93. The molecule has 0 aliphatic carbocycles.